The number of nitrogens with zero attached hydrogens (tertiary/aromatic N) is 5. The molecule has 0 fully saturated rings. The normalized spacial score (nSPS) is 17.4. The lowest BCUT2D eigenvalue weighted by Crippen LogP contribution is -2.63. The lowest BCUT2D eigenvalue weighted by Gasteiger charge is -2.45. The predicted octanol–water partition coefficient (Wildman–Crippen LogP) is 7.52. The van der Waals surface area contributed by atoms with Crippen molar-refractivity contribution in [2.24, 2.45) is 0 Å². The van der Waals surface area contributed by atoms with Crippen LogP contribution in [0.5, 0.6) is 0 Å². The van der Waals surface area contributed by atoms with Crippen molar-refractivity contribution in [3.05, 3.63) is 169 Å². The summed E-state index contributed by atoms with van der Waals surface area (Å²) in [6.45, 7) is -0.00519. The molecule has 6 heterocycles. The molecule has 7 aromatic rings. The van der Waals surface area contributed by atoms with Gasteiger partial charge in [-0.25, -0.2) is 0 Å². The topological polar surface area (TPSA) is 35.5 Å². The zero-order valence-electron chi connectivity index (χ0n) is 26.0. The maximum atomic E-state index is 5.26. The van der Waals surface area contributed by atoms with Crippen LogP contribution in [0, 0.1) is 0 Å². The number of para-hydroxylation sites is 4. The van der Waals surface area contributed by atoms with Crippen molar-refractivity contribution in [1.29, 1.82) is 0 Å². The number of aromatic nitrogens is 2. The highest BCUT2D eigenvalue weighted by Crippen LogP contribution is 2.59. The first-order chi connectivity index (χ1) is 23.9. The first-order valence-electron chi connectivity index (χ1n) is 16.6. The second-order valence-electron chi connectivity index (χ2n) is 13.0. The molecule has 0 N–H and O–H groups in total. The van der Waals surface area contributed by atoms with E-state index in [9.17, 15) is 0 Å². The lowest BCUT2D eigenvalue weighted by molar-refractivity contribution is 0.670. The molecule has 5 nitrogen and oxygen atoms in total. The van der Waals surface area contributed by atoms with Gasteiger partial charge in [-0.15, -0.1) is 0 Å². The van der Waals surface area contributed by atoms with Crippen molar-refractivity contribution in [3.63, 3.8) is 0 Å². The van der Waals surface area contributed by atoms with Crippen molar-refractivity contribution in [2.45, 2.75) is 12.1 Å². The highest BCUT2D eigenvalue weighted by Gasteiger charge is 2.56. The van der Waals surface area contributed by atoms with E-state index in [4.69, 9.17) is 9.97 Å². The zero-order chi connectivity index (χ0) is 31.3. The second-order valence-corrected chi connectivity index (χ2v) is 13.0. The molecular weight excluding hydrogens is 585 g/mol. The molecule has 2 unspecified atom stereocenters. The smallest absolute Gasteiger partial charge is 0.275 e. The average molecular weight is 614 g/mol. The Bertz CT molecular complexity index is 2400. The Labute approximate surface area is 279 Å². The van der Waals surface area contributed by atoms with Gasteiger partial charge in [0.25, 0.3) is 6.71 Å². The van der Waals surface area contributed by atoms with Crippen LogP contribution in [0.25, 0.3) is 11.3 Å². The summed E-state index contributed by atoms with van der Waals surface area (Å²) in [7, 11) is 0. The summed E-state index contributed by atoms with van der Waals surface area (Å²) in [5, 5.41) is 0. The van der Waals surface area contributed by atoms with E-state index in [0.29, 0.717) is 0 Å². The fourth-order valence-electron chi connectivity index (χ4n) is 8.85. The summed E-state index contributed by atoms with van der Waals surface area (Å²) in [5.74, 6) is 0.160. The van der Waals surface area contributed by atoms with E-state index in [1.54, 1.807) is 0 Å². The van der Waals surface area contributed by atoms with Crippen LogP contribution in [-0.2, 0) is 0 Å². The zero-order valence-corrected chi connectivity index (χ0v) is 26.0. The third-order valence-corrected chi connectivity index (χ3v) is 10.6. The van der Waals surface area contributed by atoms with Crippen LogP contribution < -0.4 is 31.2 Å². The average Bonchev–Trinajstić information content (AvgIpc) is 3.68. The van der Waals surface area contributed by atoms with E-state index >= 15 is 0 Å². The van der Waals surface area contributed by atoms with Crippen molar-refractivity contribution in [3.8, 4) is 11.3 Å². The number of rotatable bonds is 3. The number of pyridine rings is 2. The third kappa shape index (κ3) is 3.36. The van der Waals surface area contributed by atoms with Crippen LogP contribution >= 0.6 is 0 Å². The fraction of sp³-hybridized carbons (Fsp3) is 0.0476. The van der Waals surface area contributed by atoms with Gasteiger partial charge in [-0.3, -0.25) is 9.97 Å². The Balaban J connectivity index is 1.26. The number of hydrogen-bond donors (Lipinski definition) is 0. The van der Waals surface area contributed by atoms with Gasteiger partial charge in [0.05, 0.1) is 17.3 Å². The van der Waals surface area contributed by atoms with E-state index in [1.807, 2.05) is 18.5 Å². The highest BCUT2D eigenvalue weighted by atomic mass is 15.4. The molecule has 2 atom stereocenters. The van der Waals surface area contributed by atoms with Gasteiger partial charge >= 0.3 is 0 Å². The monoisotopic (exact) mass is 613 g/mol. The maximum absolute atomic E-state index is 5.26. The fourth-order valence-corrected chi connectivity index (χ4v) is 8.85. The largest absolute Gasteiger partial charge is 0.319 e. The highest BCUT2D eigenvalue weighted by molar-refractivity contribution is 7.00. The minimum Gasteiger partial charge on any atom is -0.319 e. The molecule has 0 saturated heterocycles. The van der Waals surface area contributed by atoms with Crippen LogP contribution in [0.4, 0.5) is 39.8 Å². The van der Waals surface area contributed by atoms with E-state index < -0.39 is 0 Å². The van der Waals surface area contributed by atoms with Crippen molar-refractivity contribution in [1.82, 2.24) is 9.97 Å². The first-order valence-corrected chi connectivity index (χ1v) is 16.6. The summed E-state index contributed by atoms with van der Waals surface area (Å²) >= 11 is 0. The molecule has 2 aromatic heterocycles. The van der Waals surface area contributed by atoms with Crippen LogP contribution in [0.1, 0.15) is 17.0 Å². The standard InChI is InChI=1S/C42H28BN5/c1-3-13-28(14-4-1)46-35-21-10-8-18-32(35)43-39-36(46)25-27(33-19-11-12-23-44-33)26-37(39)48-40-31(22-24-45-41(40)43)38-30-17-7-9-20-34(30)47(42(38)48)29-15-5-2-6-16-29/h1-26,38,42H. The molecule has 0 bridgehead atoms. The molecule has 224 valence electrons. The molecule has 5 aromatic carbocycles. The summed E-state index contributed by atoms with van der Waals surface area (Å²) in [4.78, 5) is 17.7. The van der Waals surface area contributed by atoms with Crippen molar-refractivity contribution >= 4 is 63.0 Å². The number of anilines is 7. The van der Waals surface area contributed by atoms with E-state index in [0.717, 1.165) is 22.5 Å². The SMILES string of the molecule is c1ccc(N2c3ccccc3B3c4nccc5c4N(c4cc(-c6ccccn6)cc2c43)C2C5c3ccccc3N2c2ccccc2)cc1. The van der Waals surface area contributed by atoms with E-state index in [-0.39, 0.29) is 18.8 Å². The second kappa shape index (κ2) is 9.69. The Kier molecular flexibility index (Phi) is 5.25. The van der Waals surface area contributed by atoms with Gasteiger partial charge in [0, 0.05) is 57.7 Å². The lowest BCUT2D eigenvalue weighted by atomic mass is 9.35. The molecule has 0 radical (unpaired) electrons. The van der Waals surface area contributed by atoms with Crippen molar-refractivity contribution < 1.29 is 0 Å². The van der Waals surface area contributed by atoms with Crippen LogP contribution in [0.2, 0.25) is 0 Å². The van der Waals surface area contributed by atoms with Gasteiger partial charge in [-0.2, -0.15) is 0 Å². The number of fused-ring (bicyclic) bond motifs is 9. The van der Waals surface area contributed by atoms with Gasteiger partial charge in [0.15, 0.2) is 0 Å². The Morgan fingerprint density at radius 1 is 0.521 bits per heavy atom. The van der Waals surface area contributed by atoms with Crippen LogP contribution in [0.3, 0.4) is 0 Å². The molecule has 0 spiro atoms. The van der Waals surface area contributed by atoms with Crippen LogP contribution in [0.15, 0.2) is 158 Å². The molecule has 4 aliphatic heterocycles. The van der Waals surface area contributed by atoms with Gasteiger partial charge in [0.2, 0.25) is 0 Å². The summed E-state index contributed by atoms with van der Waals surface area (Å²) in [6, 6.07) is 52.6. The predicted molar refractivity (Wildman–Crippen MR) is 196 cm³/mol. The minimum absolute atomic E-state index is 0.00519. The Morgan fingerprint density at radius 2 is 1.23 bits per heavy atom. The Morgan fingerprint density at radius 3 is 2.04 bits per heavy atom. The summed E-state index contributed by atoms with van der Waals surface area (Å²) < 4.78 is 0. The van der Waals surface area contributed by atoms with E-state index in [1.165, 1.54) is 56.2 Å². The molecular formula is C42H28BN5. The van der Waals surface area contributed by atoms with Gasteiger partial charge in [-0.1, -0.05) is 78.9 Å². The molecule has 0 aliphatic carbocycles. The molecule has 11 rings (SSSR count). The van der Waals surface area contributed by atoms with Gasteiger partial charge in [-0.05, 0) is 88.8 Å². The maximum Gasteiger partial charge on any atom is 0.275 e. The quantitative estimate of drug-likeness (QED) is 0.193. The Hall–Kier alpha value is -6.14. The molecule has 0 amide bonds. The number of benzene rings is 5. The van der Waals surface area contributed by atoms with Crippen LogP contribution in [-0.4, -0.2) is 22.8 Å². The molecule has 0 saturated carbocycles. The summed E-state index contributed by atoms with van der Waals surface area (Å²) in [5.41, 5.74) is 16.9. The molecule has 4 aliphatic rings. The number of hydrogen-bond acceptors (Lipinski definition) is 5. The van der Waals surface area contributed by atoms with E-state index in [2.05, 4.69) is 154 Å². The van der Waals surface area contributed by atoms with Gasteiger partial charge < -0.3 is 14.7 Å². The molecule has 6 heteroatoms. The molecule has 48 heavy (non-hydrogen) atoms. The first kappa shape index (κ1) is 26.0. The minimum atomic E-state index is -0.00519. The van der Waals surface area contributed by atoms with Gasteiger partial charge in [0.1, 0.15) is 6.17 Å². The third-order valence-electron chi connectivity index (χ3n) is 10.6. The summed E-state index contributed by atoms with van der Waals surface area (Å²) in [6.07, 6.45) is 3.94. The van der Waals surface area contributed by atoms with Crippen molar-refractivity contribution in [2.75, 3.05) is 14.7 Å².